The highest BCUT2D eigenvalue weighted by molar-refractivity contribution is 8.01. The van der Waals surface area contributed by atoms with E-state index in [2.05, 4.69) is 20.8 Å². The number of hydrogen-bond acceptors (Lipinski definition) is 7. The van der Waals surface area contributed by atoms with Gasteiger partial charge in [-0.05, 0) is 36.4 Å². The van der Waals surface area contributed by atoms with Crippen molar-refractivity contribution in [1.29, 1.82) is 5.26 Å². The average Bonchev–Trinajstić information content (AvgIpc) is 3.07. The number of anilines is 3. The standard InChI is InChI=1S/C17H12FN5OS2/c18-12-4-2-6-14(8-12)21-16-22-23-17(26-16)25-10-15(24)20-13-5-1-3-11(7-13)9-19/h1-8H,10H2,(H,20,24)(H,21,22). The van der Waals surface area contributed by atoms with Crippen molar-refractivity contribution in [2.45, 2.75) is 4.34 Å². The summed E-state index contributed by atoms with van der Waals surface area (Å²) in [6, 6.07) is 14.8. The second-order valence-electron chi connectivity index (χ2n) is 5.04. The summed E-state index contributed by atoms with van der Waals surface area (Å²) in [7, 11) is 0. The molecule has 1 amide bonds. The molecule has 0 atom stereocenters. The third-order valence-corrected chi connectivity index (χ3v) is 5.06. The van der Waals surface area contributed by atoms with Crippen LogP contribution >= 0.6 is 23.1 Å². The van der Waals surface area contributed by atoms with Crippen molar-refractivity contribution in [3.8, 4) is 6.07 Å². The maximum Gasteiger partial charge on any atom is 0.234 e. The summed E-state index contributed by atoms with van der Waals surface area (Å²) >= 11 is 2.52. The second-order valence-corrected chi connectivity index (χ2v) is 7.24. The van der Waals surface area contributed by atoms with Gasteiger partial charge in [-0.2, -0.15) is 5.26 Å². The highest BCUT2D eigenvalue weighted by Gasteiger charge is 2.09. The third-order valence-electron chi connectivity index (χ3n) is 3.08. The minimum absolute atomic E-state index is 0.158. The van der Waals surface area contributed by atoms with E-state index in [4.69, 9.17) is 5.26 Å². The molecule has 0 aliphatic heterocycles. The van der Waals surface area contributed by atoms with E-state index >= 15 is 0 Å². The molecule has 3 aromatic rings. The lowest BCUT2D eigenvalue weighted by Gasteiger charge is -2.04. The van der Waals surface area contributed by atoms with Gasteiger partial charge in [-0.3, -0.25) is 4.79 Å². The van der Waals surface area contributed by atoms with Gasteiger partial charge in [-0.1, -0.05) is 35.2 Å². The maximum absolute atomic E-state index is 13.2. The van der Waals surface area contributed by atoms with E-state index < -0.39 is 0 Å². The Balaban J connectivity index is 1.52. The zero-order valence-corrected chi connectivity index (χ0v) is 14.9. The van der Waals surface area contributed by atoms with Crippen LogP contribution in [0, 0.1) is 17.1 Å². The van der Waals surface area contributed by atoms with Crippen LogP contribution in [0.25, 0.3) is 0 Å². The summed E-state index contributed by atoms with van der Waals surface area (Å²) in [5, 5.41) is 23.0. The summed E-state index contributed by atoms with van der Waals surface area (Å²) in [6.07, 6.45) is 0. The molecular formula is C17H12FN5OS2. The molecule has 0 radical (unpaired) electrons. The van der Waals surface area contributed by atoms with Gasteiger partial charge in [0, 0.05) is 11.4 Å². The predicted octanol–water partition coefficient (Wildman–Crippen LogP) is 4.02. The molecule has 2 aromatic carbocycles. The van der Waals surface area contributed by atoms with E-state index in [-0.39, 0.29) is 17.5 Å². The van der Waals surface area contributed by atoms with Crippen LogP contribution in [-0.4, -0.2) is 21.9 Å². The van der Waals surface area contributed by atoms with Gasteiger partial charge in [0.15, 0.2) is 4.34 Å². The molecule has 0 saturated heterocycles. The van der Waals surface area contributed by atoms with Crippen LogP contribution in [0.3, 0.4) is 0 Å². The molecule has 0 saturated carbocycles. The second kappa shape index (κ2) is 8.42. The highest BCUT2D eigenvalue weighted by Crippen LogP contribution is 2.27. The molecule has 130 valence electrons. The first-order valence-corrected chi connectivity index (χ1v) is 9.21. The summed E-state index contributed by atoms with van der Waals surface area (Å²) < 4.78 is 13.8. The van der Waals surface area contributed by atoms with E-state index in [1.54, 1.807) is 36.4 Å². The molecule has 2 N–H and O–H groups in total. The van der Waals surface area contributed by atoms with Crippen molar-refractivity contribution >= 4 is 45.5 Å². The summed E-state index contributed by atoms with van der Waals surface area (Å²) in [5.41, 5.74) is 1.63. The predicted molar refractivity (Wildman–Crippen MR) is 100 cm³/mol. The third kappa shape index (κ3) is 5.02. The molecule has 0 unspecified atom stereocenters. The number of amides is 1. The number of halogens is 1. The van der Waals surface area contributed by atoms with Gasteiger partial charge in [0.05, 0.1) is 17.4 Å². The van der Waals surface area contributed by atoms with Gasteiger partial charge in [-0.15, -0.1) is 10.2 Å². The minimum atomic E-state index is -0.341. The van der Waals surface area contributed by atoms with Crippen LogP contribution in [0.5, 0.6) is 0 Å². The monoisotopic (exact) mass is 385 g/mol. The molecular weight excluding hydrogens is 373 g/mol. The lowest BCUT2D eigenvalue weighted by atomic mass is 10.2. The number of rotatable bonds is 6. The SMILES string of the molecule is N#Cc1cccc(NC(=O)CSc2nnc(Nc3cccc(F)c3)s2)c1. The van der Waals surface area contributed by atoms with Gasteiger partial charge in [0.2, 0.25) is 11.0 Å². The molecule has 1 heterocycles. The Labute approximate surface area is 157 Å². The number of thioether (sulfide) groups is 1. The molecule has 0 fully saturated rings. The zero-order chi connectivity index (χ0) is 18.4. The van der Waals surface area contributed by atoms with Gasteiger partial charge in [-0.25, -0.2) is 4.39 Å². The number of nitrogens with one attached hydrogen (secondary N) is 2. The molecule has 0 bridgehead atoms. The van der Waals surface area contributed by atoms with E-state index in [9.17, 15) is 9.18 Å². The molecule has 1 aromatic heterocycles. The molecule has 26 heavy (non-hydrogen) atoms. The van der Waals surface area contributed by atoms with Gasteiger partial charge < -0.3 is 10.6 Å². The van der Waals surface area contributed by atoms with Crippen molar-refractivity contribution in [3.05, 3.63) is 59.9 Å². The van der Waals surface area contributed by atoms with E-state index in [1.807, 2.05) is 6.07 Å². The van der Waals surface area contributed by atoms with Crippen LogP contribution < -0.4 is 10.6 Å². The first-order chi connectivity index (χ1) is 12.6. The summed E-state index contributed by atoms with van der Waals surface area (Å²) in [5.74, 6) is -0.392. The lowest BCUT2D eigenvalue weighted by molar-refractivity contribution is -0.113. The fourth-order valence-electron chi connectivity index (χ4n) is 2.00. The van der Waals surface area contributed by atoms with E-state index in [1.165, 1.54) is 35.2 Å². The van der Waals surface area contributed by atoms with Gasteiger partial charge in [0.25, 0.3) is 0 Å². The minimum Gasteiger partial charge on any atom is -0.330 e. The Bertz CT molecular complexity index is 970. The number of nitriles is 1. The molecule has 6 nitrogen and oxygen atoms in total. The highest BCUT2D eigenvalue weighted by atomic mass is 32.2. The number of aromatic nitrogens is 2. The zero-order valence-electron chi connectivity index (χ0n) is 13.3. The normalized spacial score (nSPS) is 10.2. The summed E-state index contributed by atoms with van der Waals surface area (Å²) in [6.45, 7) is 0. The smallest absolute Gasteiger partial charge is 0.234 e. The Morgan fingerprint density at radius 1 is 1.19 bits per heavy atom. The number of carbonyl (C=O) groups excluding carboxylic acids is 1. The molecule has 3 rings (SSSR count). The molecule has 0 aliphatic carbocycles. The van der Waals surface area contributed by atoms with Crippen LogP contribution in [0.2, 0.25) is 0 Å². The Morgan fingerprint density at radius 2 is 2.00 bits per heavy atom. The Morgan fingerprint density at radius 3 is 2.81 bits per heavy atom. The van der Waals surface area contributed by atoms with Crippen molar-refractivity contribution in [2.75, 3.05) is 16.4 Å². The summed E-state index contributed by atoms with van der Waals surface area (Å²) in [4.78, 5) is 12.0. The Kier molecular flexibility index (Phi) is 5.78. The molecule has 9 heteroatoms. The van der Waals surface area contributed by atoms with Crippen molar-refractivity contribution in [3.63, 3.8) is 0 Å². The number of benzene rings is 2. The first kappa shape index (κ1) is 17.8. The van der Waals surface area contributed by atoms with E-state index in [0.29, 0.717) is 26.4 Å². The average molecular weight is 385 g/mol. The van der Waals surface area contributed by atoms with Crippen LogP contribution in [0.15, 0.2) is 52.9 Å². The number of nitrogens with zero attached hydrogens (tertiary/aromatic N) is 3. The first-order valence-electron chi connectivity index (χ1n) is 7.41. The van der Waals surface area contributed by atoms with Crippen LogP contribution in [0.1, 0.15) is 5.56 Å². The number of hydrogen-bond donors (Lipinski definition) is 2. The topological polar surface area (TPSA) is 90.7 Å². The van der Waals surface area contributed by atoms with Crippen LogP contribution in [-0.2, 0) is 4.79 Å². The van der Waals surface area contributed by atoms with Gasteiger partial charge in [0.1, 0.15) is 5.82 Å². The van der Waals surface area contributed by atoms with Crippen molar-refractivity contribution in [2.24, 2.45) is 0 Å². The Hall–Kier alpha value is -2.96. The number of carbonyl (C=O) groups is 1. The lowest BCUT2D eigenvalue weighted by Crippen LogP contribution is -2.13. The molecule has 0 spiro atoms. The van der Waals surface area contributed by atoms with Crippen molar-refractivity contribution in [1.82, 2.24) is 10.2 Å². The largest absolute Gasteiger partial charge is 0.330 e. The quantitative estimate of drug-likeness (QED) is 0.623. The fourth-order valence-corrected chi connectivity index (χ4v) is 3.57. The molecule has 0 aliphatic rings. The van der Waals surface area contributed by atoms with Gasteiger partial charge >= 0.3 is 0 Å². The maximum atomic E-state index is 13.2. The van der Waals surface area contributed by atoms with Crippen molar-refractivity contribution < 1.29 is 9.18 Å². The van der Waals surface area contributed by atoms with Crippen LogP contribution in [0.4, 0.5) is 20.9 Å². The fraction of sp³-hybridized carbons (Fsp3) is 0.0588. The van der Waals surface area contributed by atoms with E-state index in [0.717, 1.165) is 0 Å².